The van der Waals surface area contributed by atoms with Crippen molar-refractivity contribution in [2.45, 2.75) is 31.8 Å². The van der Waals surface area contributed by atoms with Gasteiger partial charge in [0.15, 0.2) is 0 Å². The first-order valence-electron chi connectivity index (χ1n) is 6.89. The van der Waals surface area contributed by atoms with Crippen LogP contribution in [0.15, 0.2) is 22.7 Å². The van der Waals surface area contributed by atoms with Gasteiger partial charge in [0.25, 0.3) is 0 Å². The molecule has 1 heterocycles. The SMILES string of the molecule is O=C(NCC1CCCO1)C1Cc2ccc(Br)cc2C1. The Kier molecular flexibility index (Phi) is 3.89. The van der Waals surface area contributed by atoms with Crippen LogP contribution in [0, 0.1) is 5.92 Å². The lowest BCUT2D eigenvalue weighted by molar-refractivity contribution is -0.125. The quantitative estimate of drug-likeness (QED) is 0.928. The highest BCUT2D eigenvalue weighted by molar-refractivity contribution is 9.10. The minimum Gasteiger partial charge on any atom is -0.376 e. The number of hydrogen-bond acceptors (Lipinski definition) is 2. The van der Waals surface area contributed by atoms with Gasteiger partial charge in [-0.1, -0.05) is 22.0 Å². The van der Waals surface area contributed by atoms with Crippen LogP contribution in [0.4, 0.5) is 0 Å². The summed E-state index contributed by atoms with van der Waals surface area (Å²) in [7, 11) is 0. The molecule has 0 aromatic heterocycles. The number of ether oxygens (including phenoxy) is 1. The van der Waals surface area contributed by atoms with Crippen LogP contribution in [0.2, 0.25) is 0 Å². The van der Waals surface area contributed by atoms with Crippen LogP contribution < -0.4 is 5.32 Å². The zero-order valence-corrected chi connectivity index (χ0v) is 12.4. The molecule has 1 aliphatic carbocycles. The summed E-state index contributed by atoms with van der Waals surface area (Å²) in [4.78, 5) is 12.2. The molecule has 2 unspecified atom stereocenters. The molecule has 0 bridgehead atoms. The molecule has 0 radical (unpaired) electrons. The minimum absolute atomic E-state index is 0.0886. The van der Waals surface area contributed by atoms with Crippen molar-refractivity contribution in [2.75, 3.05) is 13.2 Å². The summed E-state index contributed by atoms with van der Waals surface area (Å²) in [5.74, 6) is 0.258. The van der Waals surface area contributed by atoms with Crippen LogP contribution in [0.3, 0.4) is 0 Å². The summed E-state index contributed by atoms with van der Waals surface area (Å²) in [6.45, 7) is 1.50. The molecule has 0 spiro atoms. The van der Waals surface area contributed by atoms with Crippen molar-refractivity contribution in [3.8, 4) is 0 Å². The van der Waals surface area contributed by atoms with Crippen molar-refractivity contribution < 1.29 is 9.53 Å². The summed E-state index contributed by atoms with van der Waals surface area (Å²) < 4.78 is 6.61. The van der Waals surface area contributed by atoms with Gasteiger partial charge in [0.05, 0.1) is 6.10 Å². The summed E-state index contributed by atoms with van der Waals surface area (Å²) >= 11 is 3.48. The fraction of sp³-hybridized carbons (Fsp3) is 0.533. The van der Waals surface area contributed by atoms with Gasteiger partial charge in [0, 0.05) is 23.5 Å². The van der Waals surface area contributed by atoms with Crippen LogP contribution >= 0.6 is 15.9 Å². The topological polar surface area (TPSA) is 38.3 Å². The molecule has 1 aliphatic heterocycles. The maximum atomic E-state index is 12.2. The van der Waals surface area contributed by atoms with Crippen LogP contribution in [-0.4, -0.2) is 25.2 Å². The molecule has 1 aromatic carbocycles. The molecule has 1 fully saturated rings. The standard InChI is InChI=1S/C15H18BrNO2/c16-13-4-3-10-6-12(7-11(10)8-13)15(18)17-9-14-2-1-5-19-14/h3-4,8,12,14H,1-2,5-7,9H2,(H,17,18). The third-order valence-corrected chi connectivity index (χ3v) is 4.49. The summed E-state index contributed by atoms with van der Waals surface area (Å²) in [5.41, 5.74) is 2.60. The zero-order valence-electron chi connectivity index (χ0n) is 10.8. The second kappa shape index (κ2) is 5.63. The molecule has 2 aliphatic rings. The summed E-state index contributed by atoms with van der Waals surface area (Å²) in [5, 5.41) is 3.04. The molecule has 1 saturated heterocycles. The van der Waals surface area contributed by atoms with Crippen molar-refractivity contribution in [3.63, 3.8) is 0 Å². The lowest BCUT2D eigenvalue weighted by atomic mass is 10.1. The van der Waals surface area contributed by atoms with Crippen molar-refractivity contribution in [2.24, 2.45) is 5.92 Å². The number of carbonyl (C=O) groups excluding carboxylic acids is 1. The zero-order chi connectivity index (χ0) is 13.2. The molecule has 1 amide bonds. The smallest absolute Gasteiger partial charge is 0.223 e. The van der Waals surface area contributed by atoms with Crippen LogP contribution in [-0.2, 0) is 22.4 Å². The minimum atomic E-state index is 0.0886. The van der Waals surface area contributed by atoms with Crippen LogP contribution in [0.25, 0.3) is 0 Å². The molecule has 4 heteroatoms. The molecular formula is C15H18BrNO2. The predicted molar refractivity (Wildman–Crippen MR) is 77.0 cm³/mol. The lowest BCUT2D eigenvalue weighted by Crippen LogP contribution is -2.36. The normalized spacial score (nSPS) is 25.3. The number of benzene rings is 1. The number of rotatable bonds is 3. The number of carbonyl (C=O) groups is 1. The van der Waals surface area contributed by atoms with E-state index in [-0.39, 0.29) is 17.9 Å². The first-order valence-corrected chi connectivity index (χ1v) is 7.68. The van der Waals surface area contributed by atoms with Crippen LogP contribution in [0.1, 0.15) is 24.0 Å². The molecule has 2 atom stereocenters. The third kappa shape index (κ3) is 3.00. The fourth-order valence-corrected chi connectivity index (χ4v) is 3.34. The van der Waals surface area contributed by atoms with Gasteiger partial charge in [-0.05, 0) is 48.9 Å². The summed E-state index contributed by atoms with van der Waals surface area (Å²) in [6, 6.07) is 6.29. The average Bonchev–Trinajstić information content (AvgIpc) is 3.04. The van der Waals surface area contributed by atoms with Crippen molar-refractivity contribution in [1.29, 1.82) is 0 Å². The van der Waals surface area contributed by atoms with E-state index in [0.717, 1.165) is 36.8 Å². The Bertz CT molecular complexity index is 483. The Morgan fingerprint density at radius 1 is 1.37 bits per heavy atom. The number of hydrogen-bond donors (Lipinski definition) is 1. The predicted octanol–water partition coefficient (Wildman–Crippen LogP) is 2.46. The van der Waals surface area contributed by atoms with E-state index >= 15 is 0 Å². The molecular weight excluding hydrogens is 306 g/mol. The molecule has 3 rings (SSSR count). The Hall–Kier alpha value is -0.870. The third-order valence-electron chi connectivity index (χ3n) is 4.00. The molecule has 3 nitrogen and oxygen atoms in total. The van der Waals surface area contributed by atoms with E-state index in [2.05, 4.69) is 33.4 Å². The summed E-state index contributed by atoms with van der Waals surface area (Å²) in [6.07, 6.45) is 4.12. The number of amides is 1. The Morgan fingerprint density at radius 2 is 2.21 bits per heavy atom. The van der Waals surface area contributed by atoms with Gasteiger partial charge in [-0.15, -0.1) is 0 Å². The Labute approximate surface area is 121 Å². The van der Waals surface area contributed by atoms with Crippen LogP contribution in [0.5, 0.6) is 0 Å². The highest BCUT2D eigenvalue weighted by Crippen LogP contribution is 2.29. The van der Waals surface area contributed by atoms with Gasteiger partial charge < -0.3 is 10.1 Å². The number of nitrogens with one attached hydrogen (secondary N) is 1. The van der Waals surface area contributed by atoms with Gasteiger partial charge in [0.1, 0.15) is 0 Å². The van der Waals surface area contributed by atoms with E-state index < -0.39 is 0 Å². The molecule has 1 N–H and O–H groups in total. The van der Waals surface area contributed by atoms with E-state index in [9.17, 15) is 4.79 Å². The molecule has 0 saturated carbocycles. The molecule has 19 heavy (non-hydrogen) atoms. The average molecular weight is 324 g/mol. The highest BCUT2D eigenvalue weighted by Gasteiger charge is 2.28. The van der Waals surface area contributed by atoms with E-state index in [0.29, 0.717) is 6.54 Å². The first-order chi connectivity index (χ1) is 9.22. The van der Waals surface area contributed by atoms with E-state index in [1.165, 1.54) is 11.1 Å². The second-order valence-corrected chi connectivity index (χ2v) is 6.31. The maximum Gasteiger partial charge on any atom is 0.223 e. The van der Waals surface area contributed by atoms with Crippen molar-refractivity contribution >= 4 is 21.8 Å². The van der Waals surface area contributed by atoms with E-state index in [1.54, 1.807) is 0 Å². The van der Waals surface area contributed by atoms with E-state index in [4.69, 9.17) is 4.74 Å². The van der Waals surface area contributed by atoms with Gasteiger partial charge in [-0.3, -0.25) is 4.79 Å². The Balaban J connectivity index is 1.55. The van der Waals surface area contributed by atoms with Gasteiger partial charge in [-0.25, -0.2) is 0 Å². The fourth-order valence-electron chi connectivity index (χ4n) is 2.94. The monoisotopic (exact) mass is 323 g/mol. The van der Waals surface area contributed by atoms with Crippen molar-refractivity contribution in [1.82, 2.24) is 5.32 Å². The second-order valence-electron chi connectivity index (χ2n) is 5.40. The lowest BCUT2D eigenvalue weighted by Gasteiger charge is -2.13. The number of fused-ring (bicyclic) bond motifs is 1. The van der Waals surface area contributed by atoms with Gasteiger partial charge in [-0.2, -0.15) is 0 Å². The van der Waals surface area contributed by atoms with Gasteiger partial charge >= 0.3 is 0 Å². The maximum absolute atomic E-state index is 12.2. The van der Waals surface area contributed by atoms with Gasteiger partial charge in [0.2, 0.25) is 5.91 Å². The first kappa shape index (κ1) is 13.1. The number of halogens is 1. The molecule has 1 aromatic rings. The van der Waals surface area contributed by atoms with Crippen molar-refractivity contribution in [3.05, 3.63) is 33.8 Å². The highest BCUT2D eigenvalue weighted by atomic mass is 79.9. The molecule has 102 valence electrons. The Morgan fingerprint density at radius 3 is 3.00 bits per heavy atom. The van der Waals surface area contributed by atoms with E-state index in [1.807, 2.05) is 6.07 Å². The largest absolute Gasteiger partial charge is 0.376 e.